The number of H-pyrrole nitrogens is 1. The molecule has 1 heterocycles. The third-order valence-corrected chi connectivity index (χ3v) is 3.40. The molecule has 0 spiro atoms. The predicted octanol–water partition coefficient (Wildman–Crippen LogP) is 1.53. The Morgan fingerprint density at radius 2 is 2.09 bits per heavy atom. The summed E-state index contributed by atoms with van der Waals surface area (Å²) in [5.74, 6) is -1.93. The molecule has 7 nitrogen and oxygen atoms in total. The molecule has 0 aliphatic rings. The van der Waals surface area contributed by atoms with Crippen molar-refractivity contribution in [2.75, 3.05) is 13.7 Å². The number of esters is 2. The summed E-state index contributed by atoms with van der Waals surface area (Å²) in [5, 5.41) is 2.86. The molecule has 1 amide bonds. The highest BCUT2D eigenvalue weighted by Gasteiger charge is 2.27. The van der Waals surface area contributed by atoms with Crippen LogP contribution in [0, 0.1) is 5.92 Å². The third-order valence-electron chi connectivity index (χ3n) is 3.19. The summed E-state index contributed by atoms with van der Waals surface area (Å²) < 4.78 is 9.49. The first-order valence-corrected chi connectivity index (χ1v) is 7.15. The van der Waals surface area contributed by atoms with Crippen LogP contribution in [0.2, 0.25) is 5.02 Å². The molecule has 0 fully saturated rings. The Bertz CT molecular complexity index is 543. The fourth-order valence-corrected chi connectivity index (χ4v) is 1.87. The van der Waals surface area contributed by atoms with Gasteiger partial charge in [-0.05, 0) is 12.0 Å². The van der Waals surface area contributed by atoms with Crippen molar-refractivity contribution in [3.05, 3.63) is 23.0 Å². The van der Waals surface area contributed by atoms with Gasteiger partial charge >= 0.3 is 11.9 Å². The van der Waals surface area contributed by atoms with Crippen LogP contribution in [0.3, 0.4) is 0 Å². The molecule has 122 valence electrons. The first kappa shape index (κ1) is 18.0. The molecule has 0 aliphatic heterocycles. The van der Waals surface area contributed by atoms with Crippen LogP contribution in [0.25, 0.3) is 0 Å². The van der Waals surface area contributed by atoms with E-state index in [1.165, 1.54) is 19.4 Å². The first-order valence-electron chi connectivity index (χ1n) is 6.77. The van der Waals surface area contributed by atoms with Gasteiger partial charge in [0.2, 0.25) is 0 Å². The number of nitrogens with one attached hydrogen (secondary N) is 2. The van der Waals surface area contributed by atoms with E-state index in [-0.39, 0.29) is 11.6 Å². The van der Waals surface area contributed by atoms with Crippen LogP contribution >= 0.6 is 11.6 Å². The number of aromatic nitrogens is 1. The highest BCUT2D eigenvalue weighted by molar-refractivity contribution is 6.30. The van der Waals surface area contributed by atoms with Gasteiger partial charge < -0.3 is 19.8 Å². The maximum absolute atomic E-state index is 11.8. The van der Waals surface area contributed by atoms with Gasteiger partial charge in [0.25, 0.3) is 5.91 Å². The van der Waals surface area contributed by atoms with E-state index < -0.39 is 30.5 Å². The molecule has 2 atom stereocenters. The Hall–Kier alpha value is -2.02. The zero-order valence-corrected chi connectivity index (χ0v) is 13.4. The zero-order valence-electron chi connectivity index (χ0n) is 12.6. The Balaban J connectivity index is 2.53. The minimum absolute atomic E-state index is 0.102. The van der Waals surface area contributed by atoms with E-state index in [1.54, 1.807) is 0 Å². The first-order chi connectivity index (χ1) is 10.4. The van der Waals surface area contributed by atoms with Gasteiger partial charge in [0.1, 0.15) is 11.7 Å². The molecule has 1 rings (SSSR count). The lowest BCUT2D eigenvalue weighted by Crippen LogP contribution is -2.47. The lowest BCUT2D eigenvalue weighted by atomic mass is 9.99. The second-order valence-corrected chi connectivity index (χ2v) is 5.20. The number of aromatic amines is 1. The normalized spacial score (nSPS) is 13.1. The van der Waals surface area contributed by atoms with Gasteiger partial charge in [0.15, 0.2) is 6.61 Å². The Kier molecular flexibility index (Phi) is 6.91. The van der Waals surface area contributed by atoms with Gasteiger partial charge in [-0.1, -0.05) is 31.9 Å². The predicted molar refractivity (Wildman–Crippen MR) is 79.5 cm³/mol. The van der Waals surface area contributed by atoms with Crippen molar-refractivity contribution in [3.8, 4) is 0 Å². The Morgan fingerprint density at radius 3 is 2.59 bits per heavy atom. The van der Waals surface area contributed by atoms with Crippen molar-refractivity contribution in [1.29, 1.82) is 0 Å². The van der Waals surface area contributed by atoms with Crippen molar-refractivity contribution in [3.63, 3.8) is 0 Å². The van der Waals surface area contributed by atoms with Crippen LogP contribution in [-0.2, 0) is 19.1 Å². The van der Waals surface area contributed by atoms with Gasteiger partial charge in [-0.3, -0.25) is 4.79 Å². The van der Waals surface area contributed by atoms with Gasteiger partial charge in [-0.2, -0.15) is 0 Å². The van der Waals surface area contributed by atoms with Gasteiger partial charge in [-0.25, -0.2) is 9.59 Å². The summed E-state index contributed by atoms with van der Waals surface area (Å²) in [4.78, 5) is 37.7. The van der Waals surface area contributed by atoms with Gasteiger partial charge in [-0.15, -0.1) is 0 Å². The molecule has 8 heteroatoms. The summed E-state index contributed by atoms with van der Waals surface area (Å²) in [5.41, 5.74) is 0.143. The standard InChI is InChI=1S/C14H19ClN2O5/c1-4-8(2)12(14(20)21-3)17-11(18)7-22-13(19)10-5-9(15)6-16-10/h5-6,8,12,16H,4,7H2,1-3H3,(H,17,18). The number of halogens is 1. The lowest BCUT2D eigenvalue weighted by Gasteiger charge is -2.21. The van der Waals surface area contributed by atoms with E-state index in [4.69, 9.17) is 16.3 Å². The zero-order chi connectivity index (χ0) is 16.7. The molecule has 1 aromatic rings. The topological polar surface area (TPSA) is 97.5 Å². The second kappa shape index (κ2) is 8.43. The molecule has 0 saturated carbocycles. The smallest absolute Gasteiger partial charge is 0.355 e. The molecule has 2 unspecified atom stereocenters. The number of amides is 1. The summed E-state index contributed by atoms with van der Waals surface area (Å²) in [6.07, 6.45) is 2.11. The molecule has 22 heavy (non-hydrogen) atoms. The number of ether oxygens (including phenoxy) is 2. The number of rotatable bonds is 7. The fourth-order valence-electron chi connectivity index (χ4n) is 1.71. The monoisotopic (exact) mass is 330 g/mol. The van der Waals surface area contributed by atoms with Crippen LogP contribution in [0.5, 0.6) is 0 Å². The molecule has 0 aromatic carbocycles. The summed E-state index contributed by atoms with van der Waals surface area (Å²) >= 11 is 5.67. The Labute approximate surface area is 133 Å². The molecule has 0 aliphatic carbocycles. The van der Waals surface area contributed by atoms with Crippen molar-refractivity contribution in [2.45, 2.75) is 26.3 Å². The maximum Gasteiger partial charge on any atom is 0.355 e. The van der Waals surface area contributed by atoms with Crippen LogP contribution in [0.1, 0.15) is 30.8 Å². The molecule has 0 bridgehead atoms. The van der Waals surface area contributed by atoms with Crippen LogP contribution < -0.4 is 5.32 Å². The summed E-state index contributed by atoms with van der Waals surface area (Å²) in [6, 6.07) is 0.610. The average molecular weight is 331 g/mol. The van der Waals surface area contributed by atoms with Crippen molar-refractivity contribution in [2.24, 2.45) is 5.92 Å². The van der Waals surface area contributed by atoms with E-state index in [9.17, 15) is 14.4 Å². The van der Waals surface area contributed by atoms with Crippen molar-refractivity contribution >= 4 is 29.4 Å². The molecule has 1 aromatic heterocycles. The van der Waals surface area contributed by atoms with E-state index in [0.717, 1.165) is 0 Å². The van der Waals surface area contributed by atoms with Gasteiger partial charge in [0, 0.05) is 6.20 Å². The van der Waals surface area contributed by atoms with E-state index in [2.05, 4.69) is 15.0 Å². The van der Waals surface area contributed by atoms with Gasteiger partial charge in [0.05, 0.1) is 12.1 Å². The SMILES string of the molecule is CCC(C)C(NC(=O)COC(=O)c1cc(Cl)c[nH]1)C(=O)OC. The highest BCUT2D eigenvalue weighted by Crippen LogP contribution is 2.11. The minimum Gasteiger partial charge on any atom is -0.467 e. The van der Waals surface area contributed by atoms with Crippen LogP contribution in [-0.4, -0.2) is 42.6 Å². The largest absolute Gasteiger partial charge is 0.467 e. The molecule has 0 radical (unpaired) electrons. The number of carbonyl (C=O) groups is 3. The molecular weight excluding hydrogens is 312 g/mol. The number of methoxy groups -OCH3 is 1. The van der Waals surface area contributed by atoms with Crippen LogP contribution in [0.15, 0.2) is 12.3 Å². The third kappa shape index (κ3) is 5.07. The van der Waals surface area contributed by atoms with Crippen LogP contribution in [0.4, 0.5) is 0 Å². The van der Waals surface area contributed by atoms with E-state index in [0.29, 0.717) is 11.4 Å². The quantitative estimate of drug-likeness (QED) is 0.739. The highest BCUT2D eigenvalue weighted by atomic mass is 35.5. The second-order valence-electron chi connectivity index (χ2n) is 4.76. The maximum atomic E-state index is 11.8. The number of carbonyl (C=O) groups excluding carboxylic acids is 3. The summed E-state index contributed by atoms with van der Waals surface area (Å²) in [7, 11) is 1.25. The average Bonchev–Trinajstić information content (AvgIpc) is 2.95. The summed E-state index contributed by atoms with van der Waals surface area (Å²) in [6.45, 7) is 3.20. The molecule has 2 N–H and O–H groups in total. The number of hydrogen-bond acceptors (Lipinski definition) is 5. The van der Waals surface area contributed by atoms with E-state index >= 15 is 0 Å². The molecular formula is C14H19ClN2O5. The van der Waals surface area contributed by atoms with Crippen molar-refractivity contribution in [1.82, 2.24) is 10.3 Å². The number of hydrogen-bond donors (Lipinski definition) is 2. The Morgan fingerprint density at radius 1 is 1.41 bits per heavy atom. The minimum atomic E-state index is -0.777. The lowest BCUT2D eigenvalue weighted by molar-refractivity contribution is -0.147. The molecule has 0 saturated heterocycles. The fraction of sp³-hybridized carbons (Fsp3) is 0.500. The van der Waals surface area contributed by atoms with E-state index in [1.807, 2.05) is 13.8 Å². The van der Waals surface area contributed by atoms with Crippen molar-refractivity contribution < 1.29 is 23.9 Å².